The van der Waals surface area contributed by atoms with Gasteiger partial charge in [-0.2, -0.15) is 0 Å². The molecule has 0 aromatic carbocycles. The Hall–Kier alpha value is -2.38. The molecule has 0 aliphatic rings. The van der Waals surface area contributed by atoms with E-state index in [0.29, 0.717) is 116 Å². The fraction of sp³-hybridized carbons (Fsp3) is 0.895. The molecule has 0 atom stereocenters. The molecule has 0 heterocycles. The first kappa shape index (κ1) is 70.6. The van der Waals surface area contributed by atoms with E-state index in [1.165, 1.54) is 0 Å². The fourth-order valence-corrected chi connectivity index (χ4v) is 8.90. The molecule has 16 heteroatoms. The number of hydrogen-bond acceptors (Lipinski definition) is 16. The van der Waals surface area contributed by atoms with Crippen LogP contribution in [0.1, 0.15) is 135 Å². The molecule has 0 fully saturated rings. The second-order valence-corrected chi connectivity index (χ2v) is 22.6. The molecule has 0 amide bonds. The average Bonchev–Trinajstić information content (AvgIpc) is 3.30. The lowest BCUT2D eigenvalue weighted by Gasteiger charge is -2.29. The highest BCUT2D eigenvalue weighted by molar-refractivity contribution is 5.80. The molecular weight excluding hydrogens is 921 g/mol. The maximum atomic E-state index is 13.0. The second-order valence-electron chi connectivity index (χ2n) is 22.6. The Morgan fingerprint density at radius 1 is 0.178 bits per heavy atom. The summed E-state index contributed by atoms with van der Waals surface area (Å²) >= 11 is 0. The summed E-state index contributed by atoms with van der Waals surface area (Å²) in [4.78, 5) is 100. The predicted octanol–water partition coefficient (Wildman–Crippen LogP) is 5.17. The molecule has 0 N–H and O–H groups in total. The van der Waals surface area contributed by atoms with Gasteiger partial charge in [0.05, 0.1) is 0 Å². The van der Waals surface area contributed by atoms with Crippen LogP contribution in [-0.2, 0) is 28.8 Å². The molecule has 0 saturated heterocycles. The summed E-state index contributed by atoms with van der Waals surface area (Å²) in [5, 5.41) is 0. The van der Waals surface area contributed by atoms with E-state index in [9.17, 15) is 28.8 Å². The van der Waals surface area contributed by atoms with Crippen LogP contribution in [0.2, 0.25) is 0 Å². The first-order valence-electron chi connectivity index (χ1n) is 28.5. The van der Waals surface area contributed by atoms with E-state index in [1.54, 1.807) is 0 Å². The highest BCUT2D eigenvalue weighted by atomic mass is 16.1. The quantitative estimate of drug-likeness (QED) is 0.0793. The Kier molecular flexibility index (Phi) is 44.3. The van der Waals surface area contributed by atoms with Crippen molar-refractivity contribution in [1.82, 2.24) is 49.0 Å². The van der Waals surface area contributed by atoms with Crippen molar-refractivity contribution < 1.29 is 28.8 Å². The van der Waals surface area contributed by atoms with E-state index in [1.807, 2.05) is 84.6 Å². The van der Waals surface area contributed by atoms with Gasteiger partial charge in [-0.1, -0.05) is 0 Å². The minimum absolute atomic E-state index is 0.274. The van der Waals surface area contributed by atoms with Gasteiger partial charge in [-0.05, 0) is 221 Å². The number of ketones is 6. The van der Waals surface area contributed by atoms with Crippen molar-refractivity contribution in [2.75, 3.05) is 202 Å². The van der Waals surface area contributed by atoms with Gasteiger partial charge >= 0.3 is 0 Å². The molecule has 0 saturated carbocycles. The third kappa shape index (κ3) is 47.8. The number of Topliss-reactive ketones (excluding diaryl/α,β-unsaturated/α-hetero) is 6. The van der Waals surface area contributed by atoms with Crippen LogP contribution in [0.3, 0.4) is 0 Å². The zero-order valence-corrected chi connectivity index (χ0v) is 49.5. The summed E-state index contributed by atoms with van der Waals surface area (Å²) in [6.07, 6.45) is 14.1. The van der Waals surface area contributed by atoms with Gasteiger partial charge in [0.1, 0.15) is 34.7 Å². The standard InChI is InChI=1S/C57H114N10O6/c1-58(2)34-13-22-52(68)28-46-65(47-29-53(69)23-14-35-59(3)4)43-19-40-64(41-20-44-66(48-30-54(70)24-15-36-60(5)6)49-31-55(71)25-16-37-61(7)8)42-21-45-67(50-32-56(72)26-17-38-62(9)10)51-33-57(73)27-18-39-63(11)12/h13-51H2,1-12H3. The van der Waals surface area contributed by atoms with Crippen LogP contribution in [0, 0.1) is 0 Å². The summed E-state index contributed by atoms with van der Waals surface area (Å²) < 4.78 is 0. The molecule has 0 spiro atoms. The molecule has 428 valence electrons. The zero-order chi connectivity index (χ0) is 54.8. The smallest absolute Gasteiger partial charge is 0.134 e. The molecule has 0 aromatic heterocycles. The largest absolute Gasteiger partial charge is 0.309 e. The maximum absolute atomic E-state index is 13.0. The summed E-state index contributed by atoms with van der Waals surface area (Å²) in [5.74, 6) is 1.64. The van der Waals surface area contributed by atoms with E-state index < -0.39 is 0 Å². The summed E-state index contributed by atoms with van der Waals surface area (Å²) in [6.45, 7) is 14.2. The Labute approximate surface area is 448 Å². The number of carbonyl (C=O) groups excluding carboxylic acids is 6. The third-order valence-electron chi connectivity index (χ3n) is 13.5. The van der Waals surface area contributed by atoms with Crippen molar-refractivity contribution in [3.05, 3.63) is 0 Å². The molecule has 0 bridgehead atoms. The van der Waals surface area contributed by atoms with Gasteiger partial charge in [0.15, 0.2) is 0 Å². The number of hydrogen-bond donors (Lipinski definition) is 0. The van der Waals surface area contributed by atoms with Gasteiger partial charge in [-0.25, -0.2) is 0 Å². The Bertz CT molecular complexity index is 1190. The third-order valence-corrected chi connectivity index (χ3v) is 13.5. The van der Waals surface area contributed by atoms with Gasteiger partial charge in [0.25, 0.3) is 0 Å². The zero-order valence-electron chi connectivity index (χ0n) is 49.5. The summed E-state index contributed by atoms with van der Waals surface area (Å²) in [6, 6.07) is 0. The Morgan fingerprint density at radius 3 is 0.452 bits per heavy atom. The molecule has 0 aliphatic heterocycles. The van der Waals surface area contributed by atoms with Crippen LogP contribution < -0.4 is 0 Å². The monoisotopic (exact) mass is 1030 g/mol. The van der Waals surface area contributed by atoms with Crippen LogP contribution in [0.15, 0.2) is 0 Å². The van der Waals surface area contributed by atoms with Crippen molar-refractivity contribution >= 4 is 34.7 Å². The van der Waals surface area contributed by atoms with Gasteiger partial charge in [0.2, 0.25) is 0 Å². The lowest BCUT2D eigenvalue weighted by molar-refractivity contribution is -0.121. The van der Waals surface area contributed by atoms with Crippen LogP contribution in [0.25, 0.3) is 0 Å². The molecule has 16 nitrogen and oxygen atoms in total. The van der Waals surface area contributed by atoms with Gasteiger partial charge in [-0.3, -0.25) is 28.8 Å². The van der Waals surface area contributed by atoms with Crippen molar-refractivity contribution in [3.8, 4) is 0 Å². The van der Waals surface area contributed by atoms with Crippen molar-refractivity contribution in [2.24, 2.45) is 0 Å². The molecule has 0 radical (unpaired) electrons. The lowest BCUT2D eigenvalue weighted by Crippen LogP contribution is -2.37. The Balaban J connectivity index is 6.26. The highest BCUT2D eigenvalue weighted by Crippen LogP contribution is 2.10. The molecule has 0 aromatic rings. The van der Waals surface area contributed by atoms with E-state index in [4.69, 9.17) is 0 Å². The summed E-state index contributed by atoms with van der Waals surface area (Å²) in [5.41, 5.74) is 0. The topological polar surface area (TPSA) is 135 Å². The second kappa shape index (κ2) is 45.8. The van der Waals surface area contributed by atoms with E-state index in [0.717, 1.165) is 136 Å². The van der Waals surface area contributed by atoms with E-state index in [-0.39, 0.29) is 34.7 Å². The lowest BCUT2D eigenvalue weighted by atomic mass is 10.1. The normalized spacial score (nSPS) is 12.2. The molecular formula is C57H114N10O6. The number of carbonyl (C=O) groups is 6. The number of nitrogens with zero attached hydrogens (tertiary/aromatic N) is 10. The van der Waals surface area contributed by atoms with Crippen molar-refractivity contribution in [2.45, 2.75) is 135 Å². The minimum atomic E-state index is 0.274. The van der Waals surface area contributed by atoms with Crippen LogP contribution in [-0.4, -0.2) is 286 Å². The predicted molar refractivity (Wildman–Crippen MR) is 304 cm³/mol. The highest BCUT2D eigenvalue weighted by Gasteiger charge is 2.17. The SMILES string of the molecule is CN(C)CCCC(=O)CCN(CCCN(CCCN(CCC(=O)CCCN(C)C)CCC(=O)CCCN(C)C)CCCN(CCC(=O)CCCN(C)C)CCC(=O)CCCN(C)C)CCC(=O)CCCN(C)C. The van der Waals surface area contributed by atoms with E-state index in [2.05, 4.69) is 49.0 Å². The molecule has 0 aliphatic carbocycles. The minimum Gasteiger partial charge on any atom is -0.309 e. The van der Waals surface area contributed by atoms with Crippen LogP contribution >= 0.6 is 0 Å². The average molecular weight is 1040 g/mol. The maximum Gasteiger partial charge on any atom is 0.134 e. The summed E-state index contributed by atoms with van der Waals surface area (Å²) in [7, 11) is 24.4. The Morgan fingerprint density at radius 2 is 0.315 bits per heavy atom. The molecule has 73 heavy (non-hydrogen) atoms. The first-order chi connectivity index (χ1) is 34.6. The first-order valence-corrected chi connectivity index (χ1v) is 28.5. The molecule has 0 rings (SSSR count). The van der Waals surface area contributed by atoms with Gasteiger partial charge in [0, 0.05) is 116 Å². The van der Waals surface area contributed by atoms with Crippen molar-refractivity contribution in [3.63, 3.8) is 0 Å². The van der Waals surface area contributed by atoms with Gasteiger partial charge < -0.3 is 49.0 Å². The van der Waals surface area contributed by atoms with Crippen LogP contribution in [0.5, 0.6) is 0 Å². The fourth-order valence-electron chi connectivity index (χ4n) is 8.90. The van der Waals surface area contributed by atoms with Crippen molar-refractivity contribution in [1.29, 1.82) is 0 Å². The van der Waals surface area contributed by atoms with Gasteiger partial charge in [-0.15, -0.1) is 0 Å². The van der Waals surface area contributed by atoms with E-state index >= 15 is 0 Å². The molecule has 0 unspecified atom stereocenters. The van der Waals surface area contributed by atoms with Crippen LogP contribution in [0.4, 0.5) is 0 Å². The number of rotatable bonds is 54.